The highest BCUT2D eigenvalue weighted by molar-refractivity contribution is 5.76. The fourth-order valence-electron chi connectivity index (χ4n) is 3.68. The van der Waals surface area contributed by atoms with E-state index in [4.69, 9.17) is 0 Å². The zero-order valence-corrected chi connectivity index (χ0v) is 17.0. The number of anilines is 1. The highest BCUT2D eigenvalue weighted by atomic mass is 16.2. The van der Waals surface area contributed by atoms with E-state index in [1.165, 1.54) is 17.7 Å². The van der Waals surface area contributed by atoms with Crippen molar-refractivity contribution >= 4 is 11.7 Å². The van der Waals surface area contributed by atoms with Gasteiger partial charge in [0.15, 0.2) is 0 Å². The summed E-state index contributed by atoms with van der Waals surface area (Å²) in [6, 6.07) is 3.49. The molecule has 0 saturated carbocycles. The van der Waals surface area contributed by atoms with Crippen molar-refractivity contribution < 1.29 is 4.79 Å². The van der Waals surface area contributed by atoms with Crippen molar-refractivity contribution in [3.8, 4) is 0 Å². The monoisotopic (exact) mass is 388 g/mol. The third kappa shape index (κ3) is 4.02. The number of aryl methyl sites for hydroxylation is 3. The molecule has 1 amide bonds. The smallest absolute Gasteiger partial charge is 0.332 e. The van der Waals surface area contributed by atoms with E-state index in [2.05, 4.69) is 5.10 Å². The van der Waals surface area contributed by atoms with Gasteiger partial charge in [-0.1, -0.05) is 0 Å². The van der Waals surface area contributed by atoms with Crippen molar-refractivity contribution in [2.45, 2.75) is 33.2 Å². The first kappa shape index (κ1) is 19.9. The lowest BCUT2D eigenvalue weighted by Crippen LogP contribution is -2.41. The number of carbonyl (C=O) groups excluding carboxylic acids is 1. The largest absolute Gasteiger partial charge is 0.356 e. The maximum Gasteiger partial charge on any atom is 0.332 e. The number of nitrogens with zero attached hydrogens (tertiary/aromatic N) is 6. The number of amides is 1. The van der Waals surface area contributed by atoms with Gasteiger partial charge in [0.2, 0.25) is 5.91 Å². The molecule has 2 aromatic rings. The van der Waals surface area contributed by atoms with Gasteiger partial charge in [0, 0.05) is 65.0 Å². The Morgan fingerprint density at radius 1 is 1.04 bits per heavy atom. The molecule has 9 nitrogen and oxygen atoms in total. The molecule has 0 spiro atoms. The molecular weight excluding hydrogens is 360 g/mol. The minimum absolute atomic E-state index is 0.104. The summed E-state index contributed by atoms with van der Waals surface area (Å²) in [6.45, 7) is 7.03. The summed E-state index contributed by atoms with van der Waals surface area (Å²) < 4.78 is 4.45. The zero-order valence-electron chi connectivity index (χ0n) is 17.0. The van der Waals surface area contributed by atoms with Crippen molar-refractivity contribution in [3.63, 3.8) is 0 Å². The van der Waals surface area contributed by atoms with Crippen LogP contribution >= 0.6 is 0 Å². The number of aromatic nitrogens is 4. The van der Waals surface area contributed by atoms with Crippen LogP contribution in [-0.2, 0) is 25.4 Å². The normalized spacial score (nSPS) is 15.0. The Bertz CT molecular complexity index is 987. The number of rotatable bonds is 4. The number of hydrogen-bond donors (Lipinski definition) is 0. The van der Waals surface area contributed by atoms with Gasteiger partial charge in [-0.2, -0.15) is 5.10 Å². The maximum atomic E-state index is 12.7. The van der Waals surface area contributed by atoms with Gasteiger partial charge in [-0.3, -0.25) is 23.4 Å². The molecule has 1 aliphatic rings. The molecular formula is C19H28N6O3. The first-order chi connectivity index (χ1) is 13.3. The van der Waals surface area contributed by atoms with Crippen molar-refractivity contribution in [2.75, 3.05) is 31.1 Å². The molecule has 152 valence electrons. The van der Waals surface area contributed by atoms with E-state index in [0.29, 0.717) is 45.0 Å². The Hall–Kier alpha value is -2.84. The first-order valence-electron chi connectivity index (χ1n) is 9.59. The lowest BCUT2D eigenvalue weighted by Gasteiger charge is -2.25. The average Bonchev–Trinajstić information content (AvgIpc) is 2.85. The van der Waals surface area contributed by atoms with Gasteiger partial charge in [-0.05, 0) is 26.3 Å². The van der Waals surface area contributed by atoms with Gasteiger partial charge >= 0.3 is 5.69 Å². The van der Waals surface area contributed by atoms with Crippen molar-refractivity contribution in [3.05, 3.63) is 44.4 Å². The summed E-state index contributed by atoms with van der Waals surface area (Å²) in [5, 5.41) is 4.40. The molecule has 0 atom stereocenters. The lowest BCUT2D eigenvalue weighted by atomic mass is 10.3. The summed E-state index contributed by atoms with van der Waals surface area (Å²) in [7, 11) is 3.14. The van der Waals surface area contributed by atoms with Crippen molar-refractivity contribution in [1.82, 2.24) is 23.8 Å². The number of hydrogen-bond acceptors (Lipinski definition) is 5. The van der Waals surface area contributed by atoms with Crippen LogP contribution < -0.4 is 16.1 Å². The van der Waals surface area contributed by atoms with Crippen LogP contribution in [0.15, 0.2) is 21.7 Å². The standard InChI is InChI=1S/C19H28N6O3/c1-14-12-15(2)25(20-14)9-6-17(26)24-8-5-7-23(10-11-24)16-13-18(27)22(4)19(28)21(16)3/h12-13H,5-11H2,1-4H3. The van der Waals surface area contributed by atoms with Gasteiger partial charge in [0.1, 0.15) is 5.82 Å². The van der Waals surface area contributed by atoms with Gasteiger partial charge in [-0.15, -0.1) is 0 Å². The van der Waals surface area contributed by atoms with Crippen LogP contribution in [0, 0.1) is 13.8 Å². The molecule has 0 N–H and O–H groups in total. The summed E-state index contributed by atoms with van der Waals surface area (Å²) in [4.78, 5) is 40.7. The second-order valence-corrected chi connectivity index (χ2v) is 7.36. The fourth-order valence-corrected chi connectivity index (χ4v) is 3.68. The summed E-state index contributed by atoms with van der Waals surface area (Å²) in [5.74, 6) is 0.706. The molecule has 1 fully saturated rings. The van der Waals surface area contributed by atoms with Crippen LogP contribution in [0.25, 0.3) is 0 Å². The van der Waals surface area contributed by atoms with Crippen molar-refractivity contribution in [1.29, 1.82) is 0 Å². The molecule has 0 radical (unpaired) electrons. The van der Waals surface area contributed by atoms with Crippen LogP contribution in [0.5, 0.6) is 0 Å². The molecule has 1 aliphatic heterocycles. The third-order valence-corrected chi connectivity index (χ3v) is 5.31. The van der Waals surface area contributed by atoms with Crippen LogP contribution in [0.3, 0.4) is 0 Å². The maximum absolute atomic E-state index is 12.7. The van der Waals surface area contributed by atoms with E-state index in [0.717, 1.165) is 22.4 Å². The lowest BCUT2D eigenvalue weighted by molar-refractivity contribution is -0.131. The molecule has 0 aromatic carbocycles. The van der Waals surface area contributed by atoms with Crippen LogP contribution in [0.2, 0.25) is 0 Å². The Morgan fingerprint density at radius 3 is 2.46 bits per heavy atom. The summed E-state index contributed by atoms with van der Waals surface area (Å²) in [5.41, 5.74) is 1.35. The Labute approximate surface area is 163 Å². The van der Waals surface area contributed by atoms with Gasteiger partial charge < -0.3 is 9.80 Å². The van der Waals surface area contributed by atoms with Crippen LogP contribution in [0.1, 0.15) is 24.2 Å². The molecule has 2 aromatic heterocycles. The van der Waals surface area contributed by atoms with Gasteiger partial charge in [0.05, 0.1) is 5.69 Å². The van der Waals surface area contributed by atoms with E-state index in [1.54, 1.807) is 7.05 Å². The highest BCUT2D eigenvalue weighted by Crippen LogP contribution is 2.13. The number of carbonyl (C=O) groups is 1. The molecule has 9 heteroatoms. The SMILES string of the molecule is Cc1cc(C)n(CCC(=O)N2CCCN(c3cc(=O)n(C)c(=O)n3C)CC2)n1. The molecule has 3 rings (SSSR count). The van der Waals surface area contributed by atoms with Gasteiger partial charge in [-0.25, -0.2) is 4.79 Å². The first-order valence-corrected chi connectivity index (χ1v) is 9.59. The van der Waals surface area contributed by atoms with E-state index < -0.39 is 0 Å². The fraction of sp³-hybridized carbons (Fsp3) is 0.579. The topological polar surface area (TPSA) is 85.4 Å². The Balaban J connectivity index is 1.65. The summed E-state index contributed by atoms with van der Waals surface area (Å²) in [6.07, 6.45) is 1.20. The molecule has 0 aliphatic carbocycles. The minimum atomic E-state index is -0.343. The molecule has 0 unspecified atom stereocenters. The van der Waals surface area contributed by atoms with E-state index in [9.17, 15) is 14.4 Å². The van der Waals surface area contributed by atoms with E-state index >= 15 is 0 Å². The quantitative estimate of drug-likeness (QED) is 0.738. The second-order valence-electron chi connectivity index (χ2n) is 7.36. The van der Waals surface area contributed by atoms with E-state index in [-0.39, 0.29) is 17.2 Å². The van der Waals surface area contributed by atoms with Gasteiger partial charge in [0.25, 0.3) is 5.56 Å². The molecule has 3 heterocycles. The molecule has 1 saturated heterocycles. The Morgan fingerprint density at radius 2 is 1.79 bits per heavy atom. The van der Waals surface area contributed by atoms with Crippen LogP contribution in [0.4, 0.5) is 5.82 Å². The third-order valence-electron chi connectivity index (χ3n) is 5.31. The minimum Gasteiger partial charge on any atom is -0.356 e. The zero-order chi connectivity index (χ0) is 20.4. The summed E-state index contributed by atoms with van der Waals surface area (Å²) >= 11 is 0. The van der Waals surface area contributed by atoms with Crippen LogP contribution in [-0.4, -0.2) is 55.9 Å². The predicted molar refractivity (Wildman–Crippen MR) is 107 cm³/mol. The Kier molecular flexibility index (Phi) is 5.71. The molecule has 28 heavy (non-hydrogen) atoms. The average molecular weight is 388 g/mol. The van der Waals surface area contributed by atoms with Crippen molar-refractivity contribution in [2.24, 2.45) is 14.1 Å². The van der Waals surface area contributed by atoms with E-state index in [1.807, 2.05) is 34.4 Å². The second kappa shape index (κ2) is 8.04. The molecule has 0 bridgehead atoms. The predicted octanol–water partition coefficient (Wildman–Crippen LogP) is 0.0263. The highest BCUT2D eigenvalue weighted by Gasteiger charge is 2.21.